The standard InChI is InChI=1S/C35H38F2N5O8P/c1-20(43)40-13-9-27-6-7-29(33(47)41-18-25(17-34(41)10-11-34)22-8-12-38-30(44)16-22)42(27)32(46)28(19-40)39-31(45)23-3-2-21-4-5-26(15-24(21)14-23)35(36,37)51(48,49)50/h2-5,8,12,14-16,25,27-29H,6-7,9-11,13,17-19H2,1H3,(H,38,44)(H,39,45)(H2,48,49,50)/t25?,27-,28?,29+/m1/s1. The van der Waals surface area contributed by atoms with Crippen molar-refractivity contribution < 1.29 is 42.3 Å². The first-order valence-corrected chi connectivity index (χ1v) is 18.6. The Hall–Kier alpha value is -4.46. The zero-order valence-corrected chi connectivity index (χ0v) is 28.7. The second-order valence-corrected chi connectivity index (χ2v) is 15.8. The molecule has 2 aromatic carbocycles. The van der Waals surface area contributed by atoms with E-state index < -0.39 is 42.7 Å². The Bertz CT molecular complexity index is 2050. The van der Waals surface area contributed by atoms with Crippen molar-refractivity contribution in [2.75, 3.05) is 19.6 Å². The third-order valence-electron chi connectivity index (χ3n) is 11.0. The molecule has 4 N–H and O–H groups in total. The van der Waals surface area contributed by atoms with E-state index in [0.29, 0.717) is 37.7 Å². The fourth-order valence-corrected chi connectivity index (χ4v) is 8.58. The van der Waals surface area contributed by atoms with Crippen LogP contribution in [0.2, 0.25) is 0 Å². The van der Waals surface area contributed by atoms with Crippen molar-refractivity contribution in [3.63, 3.8) is 0 Å². The quantitative estimate of drug-likeness (QED) is 0.280. The summed E-state index contributed by atoms with van der Waals surface area (Å²) in [6.45, 7) is 1.96. The van der Waals surface area contributed by atoms with Gasteiger partial charge in [0.25, 0.3) is 5.91 Å². The number of amides is 4. The van der Waals surface area contributed by atoms with Crippen molar-refractivity contribution in [2.45, 2.75) is 80.7 Å². The predicted octanol–water partition coefficient (Wildman–Crippen LogP) is 3.01. The van der Waals surface area contributed by atoms with Crippen molar-refractivity contribution in [1.82, 2.24) is 25.0 Å². The molecule has 16 heteroatoms. The number of nitrogens with zero attached hydrogens (tertiary/aromatic N) is 3. The van der Waals surface area contributed by atoms with Crippen molar-refractivity contribution in [1.29, 1.82) is 0 Å². The Kier molecular flexibility index (Phi) is 8.67. The summed E-state index contributed by atoms with van der Waals surface area (Å²) in [7, 11) is -5.83. The molecule has 4 atom stereocenters. The molecular formula is C35H38F2N5O8P. The molecule has 3 aromatic rings. The van der Waals surface area contributed by atoms with Crippen LogP contribution in [0.25, 0.3) is 10.8 Å². The molecule has 0 bridgehead atoms. The van der Waals surface area contributed by atoms with E-state index >= 15 is 0 Å². The minimum Gasteiger partial charge on any atom is -0.340 e. The van der Waals surface area contributed by atoms with Crippen LogP contribution in [0.4, 0.5) is 8.78 Å². The van der Waals surface area contributed by atoms with Crippen LogP contribution >= 0.6 is 7.60 Å². The zero-order chi connectivity index (χ0) is 36.5. The first-order valence-electron chi connectivity index (χ1n) is 16.9. The lowest BCUT2D eigenvalue weighted by Gasteiger charge is -2.40. The number of aromatic amines is 1. The lowest BCUT2D eigenvalue weighted by molar-refractivity contribution is -0.149. The second kappa shape index (κ2) is 12.6. The average molecular weight is 726 g/mol. The summed E-state index contributed by atoms with van der Waals surface area (Å²) in [6, 6.07) is 8.34. The third-order valence-corrected chi connectivity index (χ3v) is 12.0. The molecule has 1 aromatic heterocycles. The van der Waals surface area contributed by atoms with Gasteiger partial charge in [-0.2, -0.15) is 8.78 Å². The number of alkyl halides is 2. The normalized spacial score (nSPS) is 24.7. The van der Waals surface area contributed by atoms with E-state index in [1.54, 1.807) is 17.2 Å². The summed E-state index contributed by atoms with van der Waals surface area (Å²) in [6.07, 6.45) is 5.41. The lowest BCUT2D eigenvalue weighted by Crippen LogP contribution is -2.61. The molecule has 4 heterocycles. The third kappa shape index (κ3) is 6.36. The van der Waals surface area contributed by atoms with Crippen molar-refractivity contribution in [3.05, 3.63) is 81.8 Å². The molecule has 4 amide bonds. The number of hydrogen-bond acceptors (Lipinski definition) is 6. The molecule has 51 heavy (non-hydrogen) atoms. The van der Waals surface area contributed by atoms with Crippen molar-refractivity contribution in [3.8, 4) is 0 Å². The Morgan fingerprint density at radius 1 is 0.980 bits per heavy atom. The highest BCUT2D eigenvalue weighted by atomic mass is 31.2. The van der Waals surface area contributed by atoms with Gasteiger partial charge in [0.15, 0.2) is 0 Å². The molecule has 3 saturated heterocycles. The van der Waals surface area contributed by atoms with Crippen molar-refractivity contribution >= 4 is 42.0 Å². The SMILES string of the molecule is CC(=O)N1CC[C@H]2CC[C@@H](C(=O)N3CC(c4cc[nH]c(=O)c4)CC34CC4)N2C(=O)C(NC(=O)c2ccc3ccc(C(F)(F)P(=O)(O)O)cc3c2)C1. The summed E-state index contributed by atoms with van der Waals surface area (Å²) in [5.74, 6) is -1.71. The Morgan fingerprint density at radius 3 is 2.41 bits per heavy atom. The summed E-state index contributed by atoms with van der Waals surface area (Å²) >= 11 is 0. The van der Waals surface area contributed by atoms with Crippen LogP contribution in [0.15, 0.2) is 59.5 Å². The van der Waals surface area contributed by atoms with Gasteiger partial charge in [-0.05, 0) is 79.1 Å². The van der Waals surface area contributed by atoms with Crippen molar-refractivity contribution in [2.24, 2.45) is 0 Å². The van der Waals surface area contributed by atoms with Gasteiger partial charge in [0.05, 0.1) is 0 Å². The molecule has 7 rings (SSSR count). The number of carbonyl (C=O) groups is 4. The Labute approximate surface area is 291 Å². The molecule has 270 valence electrons. The van der Waals surface area contributed by atoms with Crippen LogP contribution in [0, 0.1) is 0 Å². The van der Waals surface area contributed by atoms with Gasteiger partial charge < -0.3 is 34.8 Å². The zero-order valence-electron chi connectivity index (χ0n) is 27.8. The monoisotopic (exact) mass is 725 g/mol. The Balaban J connectivity index is 1.14. The first-order chi connectivity index (χ1) is 24.1. The van der Waals surface area contributed by atoms with Crippen LogP contribution in [0.1, 0.15) is 72.9 Å². The predicted molar refractivity (Wildman–Crippen MR) is 180 cm³/mol. The number of hydrogen-bond donors (Lipinski definition) is 4. The number of aromatic nitrogens is 1. The molecule has 2 unspecified atom stereocenters. The first kappa shape index (κ1) is 35.0. The number of halogens is 2. The van der Waals surface area contributed by atoms with Gasteiger partial charge >= 0.3 is 13.3 Å². The number of nitrogens with one attached hydrogen (secondary N) is 2. The van der Waals surface area contributed by atoms with E-state index in [0.717, 1.165) is 37.0 Å². The van der Waals surface area contributed by atoms with Crippen LogP contribution in [0.3, 0.4) is 0 Å². The van der Waals surface area contributed by atoms with Gasteiger partial charge in [-0.3, -0.25) is 28.5 Å². The molecule has 1 saturated carbocycles. The summed E-state index contributed by atoms with van der Waals surface area (Å²) in [4.78, 5) is 93.0. The molecule has 4 aliphatic rings. The van der Waals surface area contributed by atoms with Crippen LogP contribution < -0.4 is 10.9 Å². The highest BCUT2D eigenvalue weighted by molar-refractivity contribution is 7.52. The maximum atomic E-state index is 14.5. The fourth-order valence-electron chi connectivity index (χ4n) is 8.10. The fraction of sp³-hybridized carbons (Fsp3) is 0.457. The summed E-state index contributed by atoms with van der Waals surface area (Å²) in [5.41, 5.74) is -5.05. The summed E-state index contributed by atoms with van der Waals surface area (Å²) in [5, 5.41) is 3.27. The van der Waals surface area contributed by atoms with Gasteiger partial charge in [0, 0.05) is 67.4 Å². The van der Waals surface area contributed by atoms with Gasteiger partial charge in [0.2, 0.25) is 23.3 Å². The number of likely N-dealkylation sites (tertiary alicyclic amines) is 1. The van der Waals surface area contributed by atoms with E-state index in [-0.39, 0.29) is 52.4 Å². The van der Waals surface area contributed by atoms with E-state index in [1.807, 2.05) is 11.0 Å². The van der Waals surface area contributed by atoms with Gasteiger partial charge in [-0.15, -0.1) is 0 Å². The Morgan fingerprint density at radius 2 is 1.73 bits per heavy atom. The van der Waals surface area contributed by atoms with E-state index in [1.165, 1.54) is 36.1 Å². The van der Waals surface area contributed by atoms with Crippen LogP contribution in [-0.4, -0.2) is 96.4 Å². The highest BCUT2D eigenvalue weighted by Gasteiger charge is 2.58. The largest absolute Gasteiger partial charge is 0.399 e. The smallest absolute Gasteiger partial charge is 0.340 e. The van der Waals surface area contributed by atoms with Gasteiger partial charge in [-0.1, -0.05) is 18.2 Å². The molecule has 3 aliphatic heterocycles. The lowest BCUT2D eigenvalue weighted by atomic mass is 9.96. The molecule has 1 spiro atoms. The number of rotatable bonds is 6. The van der Waals surface area contributed by atoms with Crippen LogP contribution in [0.5, 0.6) is 0 Å². The van der Waals surface area contributed by atoms with E-state index in [9.17, 15) is 47.1 Å². The van der Waals surface area contributed by atoms with Crippen LogP contribution in [-0.2, 0) is 24.6 Å². The number of fused-ring (bicyclic) bond motifs is 2. The second-order valence-electron chi connectivity index (χ2n) is 14.2. The van der Waals surface area contributed by atoms with Gasteiger partial charge in [0.1, 0.15) is 12.1 Å². The molecular weight excluding hydrogens is 687 g/mol. The van der Waals surface area contributed by atoms with Gasteiger partial charge in [-0.25, -0.2) is 0 Å². The average Bonchev–Trinajstić information content (AvgIpc) is 3.57. The molecule has 0 radical (unpaired) electrons. The number of H-pyrrole nitrogens is 1. The van der Waals surface area contributed by atoms with E-state index in [2.05, 4.69) is 10.3 Å². The number of pyridine rings is 1. The maximum absolute atomic E-state index is 14.5. The topological polar surface area (TPSA) is 180 Å². The van der Waals surface area contributed by atoms with E-state index in [4.69, 9.17) is 0 Å². The molecule has 1 aliphatic carbocycles. The highest BCUT2D eigenvalue weighted by Crippen LogP contribution is 2.59. The summed E-state index contributed by atoms with van der Waals surface area (Å²) < 4.78 is 40.4. The molecule has 4 fully saturated rings. The number of benzene rings is 2. The minimum atomic E-state index is -5.83. The minimum absolute atomic E-state index is 0.00693. The number of carbonyl (C=O) groups excluding carboxylic acids is 4. The molecule has 13 nitrogen and oxygen atoms in total. The maximum Gasteiger partial charge on any atom is 0.399 e.